The summed E-state index contributed by atoms with van der Waals surface area (Å²) in [6, 6.07) is 13.7. The fraction of sp³-hybridized carbons (Fsp3) is 0.188. The second kappa shape index (κ2) is 5.17. The fourth-order valence-electron chi connectivity index (χ4n) is 2.68. The molecular weight excluding hydrogens is 272 g/mol. The van der Waals surface area contributed by atoms with Gasteiger partial charge in [0.25, 0.3) is 0 Å². The van der Waals surface area contributed by atoms with Crippen LogP contribution < -0.4 is 11.1 Å². The highest BCUT2D eigenvalue weighted by atomic mass is 35.5. The molecular formula is C16H15ClN2O. The van der Waals surface area contributed by atoms with Gasteiger partial charge in [0, 0.05) is 5.56 Å². The molecule has 20 heavy (non-hydrogen) atoms. The predicted molar refractivity (Wildman–Crippen MR) is 81.1 cm³/mol. The van der Waals surface area contributed by atoms with Gasteiger partial charge in [0.15, 0.2) is 0 Å². The molecule has 0 bridgehead atoms. The van der Waals surface area contributed by atoms with Crippen molar-refractivity contribution in [2.45, 2.75) is 18.9 Å². The zero-order valence-corrected chi connectivity index (χ0v) is 11.7. The summed E-state index contributed by atoms with van der Waals surface area (Å²) >= 11 is 6.19. The number of fused-ring (bicyclic) bond motifs is 1. The minimum absolute atomic E-state index is 0.229. The molecule has 0 fully saturated rings. The highest BCUT2D eigenvalue weighted by Gasteiger charge is 2.22. The summed E-state index contributed by atoms with van der Waals surface area (Å²) in [5.74, 6) is -0.448. The number of halogens is 1. The average Bonchev–Trinajstić information content (AvgIpc) is 2.84. The molecule has 102 valence electrons. The van der Waals surface area contributed by atoms with E-state index in [4.69, 9.17) is 17.3 Å². The van der Waals surface area contributed by atoms with E-state index >= 15 is 0 Å². The lowest BCUT2D eigenvalue weighted by atomic mass is 10.1. The van der Waals surface area contributed by atoms with E-state index in [0.29, 0.717) is 10.6 Å². The Labute approximate surface area is 122 Å². The minimum atomic E-state index is -0.448. The molecule has 0 saturated carbocycles. The first kappa shape index (κ1) is 13.0. The summed E-state index contributed by atoms with van der Waals surface area (Å²) < 4.78 is 0. The third kappa shape index (κ3) is 2.37. The number of aryl methyl sites for hydroxylation is 1. The molecule has 0 radical (unpaired) electrons. The van der Waals surface area contributed by atoms with Gasteiger partial charge in [0.2, 0.25) is 5.91 Å². The second-order valence-corrected chi connectivity index (χ2v) is 5.40. The van der Waals surface area contributed by atoms with E-state index in [2.05, 4.69) is 23.5 Å². The topological polar surface area (TPSA) is 55.1 Å². The maximum absolute atomic E-state index is 11.3. The first-order chi connectivity index (χ1) is 9.65. The summed E-state index contributed by atoms with van der Waals surface area (Å²) in [5.41, 5.74) is 9.19. The first-order valence-electron chi connectivity index (χ1n) is 6.59. The Hall–Kier alpha value is -2.00. The van der Waals surface area contributed by atoms with Gasteiger partial charge >= 0.3 is 0 Å². The molecule has 1 unspecified atom stereocenters. The summed E-state index contributed by atoms with van der Waals surface area (Å²) in [4.78, 5) is 11.3. The van der Waals surface area contributed by atoms with Crippen LogP contribution >= 0.6 is 11.6 Å². The van der Waals surface area contributed by atoms with Crippen molar-refractivity contribution in [2.75, 3.05) is 5.32 Å². The highest BCUT2D eigenvalue weighted by molar-refractivity contribution is 6.33. The van der Waals surface area contributed by atoms with Crippen LogP contribution in [0.2, 0.25) is 5.02 Å². The van der Waals surface area contributed by atoms with Crippen molar-refractivity contribution in [2.24, 2.45) is 5.73 Å². The molecule has 2 aromatic rings. The Morgan fingerprint density at radius 3 is 2.85 bits per heavy atom. The predicted octanol–water partition coefficient (Wildman–Crippen LogP) is 3.54. The number of rotatable bonds is 3. The monoisotopic (exact) mass is 286 g/mol. The quantitative estimate of drug-likeness (QED) is 0.907. The number of hydrogen-bond donors (Lipinski definition) is 2. The molecule has 3 N–H and O–H groups in total. The highest BCUT2D eigenvalue weighted by Crippen LogP contribution is 2.35. The van der Waals surface area contributed by atoms with Crippen LogP contribution in [0.15, 0.2) is 42.5 Å². The molecule has 4 heteroatoms. The van der Waals surface area contributed by atoms with Gasteiger partial charge in [0.05, 0.1) is 16.8 Å². The molecule has 0 saturated heterocycles. The Bertz CT molecular complexity index is 669. The number of anilines is 1. The minimum Gasteiger partial charge on any atom is -0.377 e. The van der Waals surface area contributed by atoms with Gasteiger partial charge in [-0.3, -0.25) is 4.79 Å². The maximum atomic E-state index is 11.3. The van der Waals surface area contributed by atoms with Crippen LogP contribution in [-0.2, 0) is 6.42 Å². The van der Waals surface area contributed by atoms with Gasteiger partial charge in [-0.1, -0.05) is 35.9 Å². The van der Waals surface area contributed by atoms with Gasteiger partial charge in [-0.05, 0) is 42.2 Å². The molecule has 3 nitrogen and oxygen atoms in total. The Morgan fingerprint density at radius 1 is 1.25 bits per heavy atom. The summed E-state index contributed by atoms with van der Waals surface area (Å²) in [6.45, 7) is 0. The van der Waals surface area contributed by atoms with E-state index in [0.717, 1.165) is 18.5 Å². The molecule has 1 aliphatic rings. The van der Waals surface area contributed by atoms with E-state index in [1.54, 1.807) is 18.2 Å². The Balaban J connectivity index is 1.89. The summed E-state index contributed by atoms with van der Waals surface area (Å²) in [6.07, 6.45) is 2.08. The van der Waals surface area contributed by atoms with Crippen molar-refractivity contribution in [1.82, 2.24) is 0 Å². The lowest BCUT2D eigenvalue weighted by Gasteiger charge is -2.17. The van der Waals surface area contributed by atoms with Gasteiger partial charge in [-0.25, -0.2) is 0 Å². The number of nitrogens with two attached hydrogens (primary N) is 1. The van der Waals surface area contributed by atoms with Crippen LogP contribution in [0.5, 0.6) is 0 Å². The van der Waals surface area contributed by atoms with Crippen molar-refractivity contribution in [3.8, 4) is 0 Å². The average molecular weight is 287 g/mol. The van der Waals surface area contributed by atoms with Crippen LogP contribution in [0.1, 0.15) is 33.9 Å². The van der Waals surface area contributed by atoms with E-state index in [-0.39, 0.29) is 6.04 Å². The molecule has 0 spiro atoms. The number of nitrogens with one attached hydrogen (secondary N) is 1. The number of carbonyl (C=O) groups excluding carboxylic acids is 1. The molecule has 3 rings (SSSR count). The molecule has 0 aliphatic heterocycles. The zero-order chi connectivity index (χ0) is 14.1. The SMILES string of the molecule is NC(=O)c1ccc(Cl)c(NC2CCc3ccccc32)c1. The first-order valence-corrected chi connectivity index (χ1v) is 6.96. The van der Waals surface area contributed by atoms with Crippen molar-refractivity contribution < 1.29 is 4.79 Å². The molecule has 1 atom stereocenters. The lowest BCUT2D eigenvalue weighted by Crippen LogP contribution is -2.12. The number of hydrogen-bond acceptors (Lipinski definition) is 2. The van der Waals surface area contributed by atoms with Gasteiger partial charge < -0.3 is 11.1 Å². The number of benzene rings is 2. The van der Waals surface area contributed by atoms with Crippen LogP contribution in [0.25, 0.3) is 0 Å². The molecule has 2 aromatic carbocycles. The van der Waals surface area contributed by atoms with E-state index in [1.807, 2.05) is 6.07 Å². The normalized spacial score (nSPS) is 16.8. The largest absolute Gasteiger partial charge is 0.377 e. The van der Waals surface area contributed by atoms with Gasteiger partial charge in [-0.2, -0.15) is 0 Å². The van der Waals surface area contributed by atoms with Gasteiger partial charge in [-0.15, -0.1) is 0 Å². The summed E-state index contributed by atoms with van der Waals surface area (Å²) in [5, 5.41) is 4.02. The van der Waals surface area contributed by atoms with Crippen molar-refractivity contribution in [1.29, 1.82) is 0 Å². The van der Waals surface area contributed by atoms with Crippen LogP contribution in [0, 0.1) is 0 Å². The smallest absolute Gasteiger partial charge is 0.248 e. The maximum Gasteiger partial charge on any atom is 0.248 e. The summed E-state index contributed by atoms with van der Waals surface area (Å²) in [7, 11) is 0. The molecule has 1 aliphatic carbocycles. The third-order valence-corrected chi connectivity index (χ3v) is 4.04. The Morgan fingerprint density at radius 2 is 2.05 bits per heavy atom. The van der Waals surface area contributed by atoms with E-state index in [9.17, 15) is 4.79 Å². The van der Waals surface area contributed by atoms with Crippen LogP contribution in [0.3, 0.4) is 0 Å². The number of primary amides is 1. The lowest BCUT2D eigenvalue weighted by molar-refractivity contribution is 0.100. The van der Waals surface area contributed by atoms with Crippen molar-refractivity contribution in [3.63, 3.8) is 0 Å². The Kier molecular flexibility index (Phi) is 3.36. The molecule has 0 aromatic heterocycles. The third-order valence-electron chi connectivity index (χ3n) is 3.71. The zero-order valence-electron chi connectivity index (χ0n) is 10.9. The van der Waals surface area contributed by atoms with E-state index < -0.39 is 5.91 Å². The van der Waals surface area contributed by atoms with Crippen LogP contribution in [-0.4, -0.2) is 5.91 Å². The molecule has 1 amide bonds. The standard InChI is InChI=1S/C16H15ClN2O/c17-13-7-5-11(16(18)20)9-15(13)19-14-8-6-10-3-1-2-4-12(10)14/h1-5,7,9,14,19H,6,8H2,(H2,18,20). The van der Waals surface area contributed by atoms with Crippen molar-refractivity contribution in [3.05, 3.63) is 64.2 Å². The second-order valence-electron chi connectivity index (χ2n) is 4.99. The van der Waals surface area contributed by atoms with E-state index in [1.165, 1.54) is 11.1 Å². The fourth-order valence-corrected chi connectivity index (χ4v) is 2.86. The van der Waals surface area contributed by atoms with Crippen LogP contribution in [0.4, 0.5) is 5.69 Å². The van der Waals surface area contributed by atoms with Gasteiger partial charge in [0.1, 0.15) is 0 Å². The number of carbonyl (C=O) groups is 1. The van der Waals surface area contributed by atoms with Crippen molar-refractivity contribution >= 4 is 23.2 Å². The molecule has 0 heterocycles. The number of amides is 1.